The van der Waals surface area contributed by atoms with Crippen molar-refractivity contribution in [3.05, 3.63) is 29.3 Å². The quantitative estimate of drug-likeness (QED) is 0.639. The summed E-state index contributed by atoms with van der Waals surface area (Å²) in [6, 6.07) is 5.09. The second kappa shape index (κ2) is 7.12. The average Bonchev–Trinajstić information content (AvgIpc) is 2.31. The highest BCUT2D eigenvalue weighted by molar-refractivity contribution is 7.82. The van der Waals surface area contributed by atoms with Gasteiger partial charge < -0.3 is 13.9 Å². The molecule has 106 valence electrons. The van der Waals surface area contributed by atoms with Crippen molar-refractivity contribution in [3.63, 3.8) is 0 Å². The predicted octanol–water partition coefficient (Wildman–Crippen LogP) is 3.15. The predicted molar refractivity (Wildman–Crippen MR) is 71.2 cm³/mol. The molecule has 0 saturated carbocycles. The first-order valence-electron chi connectivity index (χ1n) is 5.11. The van der Waals surface area contributed by atoms with E-state index < -0.39 is 19.0 Å². The normalized spacial score (nSPS) is 15.4. The van der Waals surface area contributed by atoms with Gasteiger partial charge >= 0.3 is 12.9 Å². The van der Waals surface area contributed by atoms with Crippen molar-refractivity contribution < 1.29 is 23.2 Å². The van der Waals surface area contributed by atoms with Gasteiger partial charge in [0.05, 0.1) is 7.11 Å². The molecule has 1 aromatic carbocycles. The van der Waals surface area contributed by atoms with Crippen molar-refractivity contribution in [1.82, 2.24) is 5.48 Å². The van der Waals surface area contributed by atoms with Crippen LogP contribution in [0.3, 0.4) is 0 Å². The zero-order chi connectivity index (χ0) is 14.5. The Morgan fingerprint density at radius 3 is 2.47 bits per heavy atom. The fraction of sp³-hybridized carbons (Fsp3) is 0.300. The second-order valence-electron chi connectivity index (χ2n) is 3.43. The van der Waals surface area contributed by atoms with E-state index in [1.54, 1.807) is 0 Å². The molecule has 6 nitrogen and oxygen atoms in total. The van der Waals surface area contributed by atoms with E-state index in [9.17, 15) is 9.36 Å². The summed E-state index contributed by atoms with van der Waals surface area (Å²) in [5, 5.41) is 0.478. The molecule has 0 aromatic heterocycles. The van der Waals surface area contributed by atoms with Gasteiger partial charge in [0.2, 0.25) is 0 Å². The fourth-order valence-electron chi connectivity index (χ4n) is 1.05. The van der Waals surface area contributed by atoms with Gasteiger partial charge in [-0.2, -0.15) is 5.48 Å². The van der Waals surface area contributed by atoms with E-state index >= 15 is 0 Å². The maximum absolute atomic E-state index is 11.8. The summed E-state index contributed by atoms with van der Waals surface area (Å²) in [7, 11) is 1.33. The summed E-state index contributed by atoms with van der Waals surface area (Å²) in [5.41, 5.74) is 2.31. The van der Waals surface area contributed by atoms with Crippen molar-refractivity contribution in [3.8, 4) is 5.75 Å². The van der Waals surface area contributed by atoms with Gasteiger partial charge in [-0.15, -0.1) is 0 Å². The fourth-order valence-corrected chi connectivity index (χ4v) is 2.40. The van der Waals surface area contributed by atoms with Crippen LogP contribution in [-0.4, -0.2) is 19.1 Å². The van der Waals surface area contributed by atoms with Crippen LogP contribution < -0.4 is 10.0 Å². The Morgan fingerprint density at radius 2 is 1.95 bits per heavy atom. The van der Waals surface area contributed by atoms with Crippen LogP contribution in [0.4, 0.5) is 0 Å². The minimum absolute atomic E-state index is 0.169. The summed E-state index contributed by atoms with van der Waals surface area (Å²) in [6.07, 6.45) is 0. The minimum atomic E-state index is -4.08. The number of hydrogen-bond acceptors (Lipinski definition) is 6. The molecule has 1 aromatic rings. The molecule has 0 heterocycles. The maximum atomic E-state index is 11.8. The van der Waals surface area contributed by atoms with E-state index in [2.05, 4.69) is 14.8 Å². The van der Waals surface area contributed by atoms with Crippen LogP contribution in [0.25, 0.3) is 0 Å². The summed E-state index contributed by atoms with van der Waals surface area (Å²) >= 11 is 11.2. The van der Waals surface area contributed by atoms with Crippen LogP contribution in [0, 0.1) is 0 Å². The monoisotopic (exact) mass is 327 g/mol. The summed E-state index contributed by atoms with van der Waals surface area (Å²) in [6.45, 7) is -2.63. The van der Waals surface area contributed by atoms with Crippen molar-refractivity contribution in [2.45, 2.75) is 13.0 Å². The largest absolute Gasteiger partial charge is 0.532 e. The highest BCUT2D eigenvalue weighted by Gasteiger charge is 2.30. The van der Waals surface area contributed by atoms with E-state index in [1.807, 2.05) is 0 Å². The van der Waals surface area contributed by atoms with Gasteiger partial charge in [0.25, 0.3) is 0 Å². The van der Waals surface area contributed by atoms with E-state index in [0.717, 1.165) is 0 Å². The minimum Gasteiger partial charge on any atom is -0.405 e. The number of rotatable bonds is 6. The number of hydroxylamine groups is 1. The van der Waals surface area contributed by atoms with Crippen molar-refractivity contribution in [1.29, 1.82) is 0 Å². The van der Waals surface area contributed by atoms with E-state index in [4.69, 9.17) is 27.4 Å². The number of hydrogen-bond donors (Lipinski definition) is 1. The van der Waals surface area contributed by atoms with Crippen molar-refractivity contribution in [2.75, 3.05) is 7.11 Å². The molecule has 9 heteroatoms. The SMILES string of the molecule is CON[C@@H](C)C(=O)OP(=O)(Cl)Oc1ccc(Cl)cc1. The molecule has 0 aliphatic heterocycles. The number of nitrogens with one attached hydrogen (secondary N) is 1. The molecule has 0 spiro atoms. The molecule has 0 saturated heterocycles. The standard InChI is InChI=1S/C10H12Cl2NO5P/c1-7(13-16-2)10(14)18-19(12,15)17-9-5-3-8(11)4-6-9/h3-7,13H,1-2H3/t7-,19?/m0/s1. The van der Waals surface area contributed by atoms with Gasteiger partial charge in [-0.3, -0.25) is 0 Å². The Balaban J connectivity index is 2.63. The van der Waals surface area contributed by atoms with Crippen LogP contribution in [0.15, 0.2) is 24.3 Å². The van der Waals surface area contributed by atoms with Gasteiger partial charge in [0.1, 0.15) is 11.8 Å². The van der Waals surface area contributed by atoms with Gasteiger partial charge in [-0.25, -0.2) is 9.36 Å². The molecule has 0 aliphatic rings. The number of halogens is 2. The average molecular weight is 328 g/mol. The molecule has 1 N–H and O–H groups in total. The van der Waals surface area contributed by atoms with Gasteiger partial charge in [-0.1, -0.05) is 11.6 Å². The molecule has 19 heavy (non-hydrogen) atoms. The molecule has 2 atom stereocenters. The lowest BCUT2D eigenvalue weighted by atomic mass is 10.3. The van der Waals surface area contributed by atoms with Crippen LogP contribution in [0.2, 0.25) is 5.02 Å². The van der Waals surface area contributed by atoms with Gasteiger partial charge in [0, 0.05) is 16.3 Å². The Labute approximate surface area is 120 Å². The highest BCUT2D eigenvalue weighted by Crippen LogP contribution is 2.53. The van der Waals surface area contributed by atoms with E-state index in [1.165, 1.54) is 38.3 Å². The first-order valence-corrected chi connectivity index (χ1v) is 7.93. The van der Waals surface area contributed by atoms with Crippen LogP contribution in [0.1, 0.15) is 6.92 Å². The lowest BCUT2D eigenvalue weighted by Gasteiger charge is -2.15. The molecule has 0 fully saturated rings. The Kier molecular flexibility index (Phi) is 6.10. The molecular formula is C10H12Cl2NO5P. The second-order valence-corrected chi connectivity index (χ2v) is 6.33. The summed E-state index contributed by atoms with van der Waals surface area (Å²) in [5.74, 6) is -0.697. The molecule has 1 rings (SSSR count). The number of carbonyl (C=O) groups is 1. The van der Waals surface area contributed by atoms with Crippen LogP contribution >= 0.6 is 29.8 Å². The zero-order valence-electron chi connectivity index (χ0n) is 10.1. The Bertz CT molecular complexity index is 481. The zero-order valence-corrected chi connectivity index (χ0v) is 12.5. The maximum Gasteiger partial charge on any atom is 0.532 e. The van der Waals surface area contributed by atoms with Gasteiger partial charge in [-0.05, 0) is 31.2 Å². The first-order chi connectivity index (χ1) is 8.84. The van der Waals surface area contributed by atoms with Crippen molar-refractivity contribution in [2.24, 2.45) is 0 Å². The Hall–Kier alpha value is -0.780. The lowest BCUT2D eigenvalue weighted by molar-refractivity contribution is -0.139. The number of benzene rings is 1. The summed E-state index contributed by atoms with van der Waals surface area (Å²) in [4.78, 5) is 16.0. The Morgan fingerprint density at radius 1 is 1.37 bits per heavy atom. The molecule has 0 amide bonds. The lowest BCUT2D eigenvalue weighted by Crippen LogP contribution is -2.33. The van der Waals surface area contributed by atoms with E-state index in [-0.39, 0.29) is 5.75 Å². The molecule has 0 bridgehead atoms. The highest BCUT2D eigenvalue weighted by atomic mass is 35.7. The van der Waals surface area contributed by atoms with Crippen molar-refractivity contribution >= 4 is 35.8 Å². The molecule has 0 radical (unpaired) electrons. The third kappa shape index (κ3) is 5.80. The third-order valence-electron chi connectivity index (χ3n) is 1.88. The van der Waals surface area contributed by atoms with E-state index in [0.29, 0.717) is 5.02 Å². The smallest absolute Gasteiger partial charge is 0.405 e. The number of carbonyl (C=O) groups excluding carboxylic acids is 1. The molecule has 1 unspecified atom stereocenters. The molecular weight excluding hydrogens is 316 g/mol. The first kappa shape index (κ1) is 16.3. The van der Waals surface area contributed by atoms with Gasteiger partial charge in [0.15, 0.2) is 0 Å². The summed E-state index contributed by atoms with van der Waals surface area (Å²) < 4.78 is 21.3. The third-order valence-corrected chi connectivity index (χ3v) is 3.37. The van der Waals surface area contributed by atoms with Crippen LogP contribution in [-0.2, 0) is 18.7 Å². The topological polar surface area (TPSA) is 73.9 Å². The van der Waals surface area contributed by atoms with Crippen LogP contribution in [0.5, 0.6) is 5.75 Å². The molecule has 0 aliphatic carbocycles.